The Balaban J connectivity index is 2.34. The van der Waals surface area contributed by atoms with E-state index in [0.717, 1.165) is 5.56 Å². The van der Waals surface area contributed by atoms with Crippen molar-refractivity contribution in [1.29, 1.82) is 0 Å². The molecule has 1 fully saturated rings. The van der Waals surface area contributed by atoms with Gasteiger partial charge in [-0.1, -0.05) is 30.3 Å². The summed E-state index contributed by atoms with van der Waals surface area (Å²) in [5.41, 5.74) is -0.305. The molecule has 2 atom stereocenters. The van der Waals surface area contributed by atoms with Crippen LogP contribution >= 0.6 is 0 Å². The van der Waals surface area contributed by atoms with Crippen molar-refractivity contribution in [3.8, 4) is 0 Å². The highest BCUT2D eigenvalue weighted by molar-refractivity contribution is 6.06. The van der Waals surface area contributed by atoms with Gasteiger partial charge in [-0.3, -0.25) is 14.4 Å². The number of carbonyl (C=O) groups is 3. The zero-order valence-corrected chi connectivity index (χ0v) is 13.1. The minimum Gasteiger partial charge on any atom is -0.465 e. The molecule has 118 valence electrons. The van der Waals surface area contributed by atoms with Gasteiger partial charge in [-0.2, -0.15) is 0 Å². The predicted octanol–water partition coefficient (Wildman–Crippen LogP) is 3.05. The first-order chi connectivity index (χ1) is 10.5. The molecule has 1 aliphatic carbocycles. The van der Waals surface area contributed by atoms with Gasteiger partial charge in [0, 0.05) is 12.3 Å². The first-order valence-electron chi connectivity index (χ1n) is 7.77. The van der Waals surface area contributed by atoms with Gasteiger partial charge in [-0.15, -0.1) is 0 Å². The van der Waals surface area contributed by atoms with Crippen molar-refractivity contribution in [2.45, 2.75) is 45.4 Å². The smallest absolute Gasteiger partial charge is 0.319 e. The highest BCUT2D eigenvalue weighted by Gasteiger charge is 2.51. The summed E-state index contributed by atoms with van der Waals surface area (Å²) in [7, 11) is 0. The SMILES string of the molecule is CCOC(=O)[C@@]1(C[C@@H](C(C)=O)c2ccccc2)CCCC1=O. The minimum atomic E-state index is -1.15. The number of hydrogen-bond donors (Lipinski definition) is 0. The molecule has 0 spiro atoms. The molecule has 4 nitrogen and oxygen atoms in total. The van der Waals surface area contributed by atoms with Crippen molar-refractivity contribution in [3.05, 3.63) is 35.9 Å². The van der Waals surface area contributed by atoms with Crippen molar-refractivity contribution in [2.75, 3.05) is 6.61 Å². The average molecular weight is 302 g/mol. The van der Waals surface area contributed by atoms with Crippen molar-refractivity contribution < 1.29 is 19.1 Å². The lowest BCUT2D eigenvalue weighted by Gasteiger charge is -2.28. The fourth-order valence-electron chi connectivity index (χ4n) is 3.24. The van der Waals surface area contributed by atoms with Gasteiger partial charge < -0.3 is 4.74 Å². The van der Waals surface area contributed by atoms with Crippen LogP contribution in [0.1, 0.15) is 51.0 Å². The second-order valence-corrected chi connectivity index (χ2v) is 5.86. The van der Waals surface area contributed by atoms with E-state index >= 15 is 0 Å². The van der Waals surface area contributed by atoms with E-state index in [2.05, 4.69) is 0 Å². The van der Waals surface area contributed by atoms with Crippen LogP contribution < -0.4 is 0 Å². The molecule has 0 N–H and O–H groups in total. The van der Waals surface area contributed by atoms with Crippen LogP contribution in [0, 0.1) is 5.41 Å². The van der Waals surface area contributed by atoms with Crippen LogP contribution in [0.4, 0.5) is 0 Å². The Morgan fingerprint density at radius 3 is 2.45 bits per heavy atom. The van der Waals surface area contributed by atoms with E-state index < -0.39 is 17.3 Å². The Bertz CT molecular complexity index is 564. The van der Waals surface area contributed by atoms with Gasteiger partial charge in [0.2, 0.25) is 0 Å². The molecule has 0 amide bonds. The van der Waals surface area contributed by atoms with Crippen molar-refractivity contribution in [2.24, 2.45) is 5.41 Å². The van der Waals surface area contributed by atoms with Crippen LogP contribution in [-0.2, 0) is 19.1 Å². The first kappa shape index (κ1) is 16.4. The second kappa shape index (κ2) is 6.86. The van der Waals surface area contributed by atoms with Crippen LogP contribution in [0.2, 0.25) is 0 Å². The summed E-state index contributed by atoms with van der Waals surface area (Å²) in [6.07, 6.45) is 1.75. The highest BCUT2D eigenvalue weighted by Crippen LogP contribution is 2.44. The van der Waals surface area contributed by atoms with E-state index in [4.69, 9.17) is 4.74 Å². The number of ketones is 2. The number of rotatable bonds is 6. The fourth-order valence-corrected chi connectivity index (χ4v) is 3.24. The second-order valence-electron chi connectivity index (χ2n) is 5.86. The van der Waals surface area contributed by atoms with Gasteiger partial charge in [0.15, 0.2) is 0 Å². The van der Waals surface area contributed by atoms with Gasteiger partial charge >= 0.3 is 5.97 Å². The Morgan fingerprint density at radius 1 is 1.27 bits per heavy atom. The molecule has 2 rings (SSSR count). The largest absolute Gasteiger partial charge is 0.465 e. The summed E-state index contributed by atoms with van der Waals surface area (Å²) in [4.78, 5) is 36.9. The number of benzene rings is 1. The summed E-state index contributed by atoms with van der Waals surface area (Å²) in [5, 5.41) is 0. The molecule has 0 bridgehead atoms. The molecule has 22 heavy (non-hydrogen) atoms. The maximum atomic E-state index is 12.4. The minimum absolute atomic E-state index is 0.0328. The normalized spacial score (nSPS) is 22.4. The molecule has 0 saturated heterocycles. The van der Waals surface area contributed by atoms with Gasteiger partial charge in [-0.05, 0) is 38.7 Å². The summed E-state index contributed by atoms with van der Waals surface area (Å²) in [6, 6.07) is 9.33. The van der Waals surface area contributed by atoms with Crippen molar-refractivity contribution in [3.63, 3.8) is 0 Å². The van der Waals surface area contributed by atoms with Crippen LogP contribution in [0.15, 0.2) is 30.3 Å². The fraction of sp³-hybridized carbons (Fsp3) is 0.500. The van der Waals surface area contributed by atoms with Gasteiger partial charge in [0.25, 0.3) is 0 Å². The lowest BCUT2D eigenvalue weighted by Crippen LogP contribution is -2.39. The van der Waals surface area contributed by atoms with Crippen molar-refractivity contribution in [1.82, 2.24) is 0 Å². The molecule has 1 saturated carbocycles. The lowest BCUT2D eigenvalue weighted by molar-refractivity contribution is -0.159. The van der Waals surface area contributed by atoms with Crippen LogP contribution in [0.3, 0.4) is 0 Å². The van der Waals surface area contributed by atoms with E-state index in [9.17, 15) is 14.4 Å². The molecule has 0 heterocycles. The predicted molar refractivity (Wildman–Crippen MR) is 82.4 cm³/mol. The van der Waals surface area contributed by atoms with Crippen molar-refractivity contribution >= 4 is 17.5 Å². The maximum Gasteiger partial charge on any atom is 0.319 e. The Kier molecular flexibility index (Phi) is 5.11. The quantitative estimate of drug-likeness (QED) is 0.598. The summed E-state index contributed by atoms with van der Waals surface area (Å²) < 4.78 is 5.15. The maximum absolute atomic E-state index is 12.4. The Hall–Kier alpha value is -1.97. The molecule has 0 aromatic heterocycles. The standard InChI is InChI=1S/C18H22O4/c1-3-22-17(21)18(11-7-10-16(18)20)12-15(13(2)19)14-8-5-4-6-9-14/h4-6,8-9,15H,3,7,10-12H2,1-2H3/t15-,18+/m0/s1. The molecular weight excluding hydrogens is 280 g/mol. The highest BCUT2D eigenvalue weighted by atomic mass is 16.5. The molecular formula is C18H22O4. The third kappa shape index (κ3) is 3.11. The molecule has 1 aliphatic rings. The topological polar surface area (TPSA) is 60.4 Å². The number of hydrogen-bond acceptors (Lipinski definition) is 4. The monoisotopic (exact) mass is 302 g/mol. The zero-order chi connectivity index (χ0) is 16.2. The van der Waals surface area contributed by atoms with E-state index in [1.165, 1.54) is 6.92 Å². The number of carbonyl (C=O) groups excluding carboxylic acids is 3. The van der Waals surface area contributed by atoms with E-state index in [0.29, 0.717) is 19.3 Å². The van der Waals surface area contributed by atoms with Crippen LogP contribution in [0.25, 0.3) is 0 Å². The number of ether oxygens (including phenoxy) is 1. The molecule has 0 unspecified atom stereocenters. The molecule has 4 heteroatoms. The molecule has 0 aliphatic heterocycles. The van der Waals surface area contributed by atoms with E-state index in [1.54, 1.807) is 6.92 Å². The number of Topliss-reactive ketones (excluding diaryl/α,β-unsaturated/α-hetero) is 2. The molecule has 1 aromatic rings. The van der Waals surface area contributed by atoms with Crippen LogP contribution in [0.5, 0.6) is 0 Å². The Morgan fingerprint density at radius 2 is 1.95 bits per heavy atom. The zero-order valence-electron chi connectivity index (χ0n) is 13.1. The van der Waals surface area contributed by atoms with Gasteiger partial charge in [0.05, 0.1) is 6.61 Å². The lowest BCUT2D eigenvalue weighted by atomic mass is 9.74. The van der Waals surface area contributed by atoms with E-state index in [1.807, 2.05) is 30.3 Å². The Labute approximate surface area is 130 Å². The molecule has 0 radical (unpaired) electrons. The third-order valence-corrected chi connectivity index (χ3v) is 4.45. The summed E-state index contributed by atoms with van der Waals surface area (Å²) in [6.45, 7) is 3.48. The third-order valence-electron chi connectivity index (χ3n) is 4.45. The molecule has 1 aromatic carbocycles. The van der Waals surface area contributed by atoms with E-state index in [-0.39, 0.29) is 24.6 Å². The van der Waals surface area contributed by atoms with Gasteiger partial charge in [-0.25, -0.2) is 0 Å². The summed E-state index contributed by atoms with van der Waals surface area (Å²) in [5.74, 6) is -1.05. The van der Waals surface area contributed by atoms with Gasteiger partial charge in [0.1, 0.15) is 17.0 Å². The average Bonchev–Trinajstić information content (AvgIpc) is 2.87. The van der Waals surface area contributed by atoms with Crippen LogP contribution in [-0.4, -0.2) is 24.1 Å². The first-order valence-corrected chi connectivity index (χ1v) is 7.77. The summed E-state index contributed by atoms with van der Waals surface area (Å²) >= 11 is 0. The number of esters is 1.